The van der Waals surface area contributed by atoms with Crippen molar-refractivity contribution in [2.45, 2.75) is 115 Å². The van der Waals surface area contributed by atoms with Crippen LogP contribution in [0.4, 0.5) is 5.69 Å². The first kappa shape index (κ1) is 82.2. The molecule has 36 heteroatoms. The van der Waals surface area contributed by atoms with Crippen LogP contribution in [0.1, 0.15) is 162 Å². The number of ether oxygens (including phenoxy) is 2. The quantitative estimate of drug-likeness (QED) is 0.00910. The predicted molar refractivity (Wildman–Crippen MR) is 428 cm³/mol. The largest absolute Gasteiger partial charge is 0.508 e. The molecule has 119 heavy (non-hydrogen) atoms. The molecule has 614 valence electrons. The highest BCUT2D eigenvalue weighted by atomic mass is 31.3. The standard InChI is InChI=1S/C83H77N8O25P3/c92-53-23-27-57-66(43-53)111-67-44-54(93)24-28-58(67)71(57)55-25-21-50(41-61(55)81(99)100)77(95)85-33-4-10-46-17-19-47(20-18-46)38-65(80(98)86-31-3-1-2-16-68(94)84-32-5-11-52-45-91(83(103)88-79(52)97)69-29-30-70(112-69)114-118(107,108)116-119(109,110)115-117(104,105)106)87-78(96)51-22-26-56(62(42-51)82(101)102)72-63-39-48-12-6-34-89-36-8-14-59(73(48)89)75(63)113-76-60-15-9-37-90-35-7-13-49(74(60)90)40-64(72)76/h17-28,39-45,65,69-70H,1-3,6-9,12-16,29-38H2,(H11-,84,85,86,87,88,92,93,94,95,96,97,98,99,100,101,102,103,104,105,106,107,108,109,110)/p+1/t65?,69-,70-/m1/s1. The minimum atomic E-state index is -5.83. The highest BCUT2D eigenvalue weighted by Gasteiger charge is 2.44. The van der Waals surface area contributed by atoms with Crippen molar-refractivity contribution in [3.8, 4) is 63.4 Å². The molecule has 7 aliphatic heterocycles. The number of fused-ring (bicyclic) bond motifs is 6. The lowest BCUT2D eigenvalue weighted by atomic mass is 9.81. The van der Waals surface area contributed by atoms with E-state index < -0.39 is 88.8 Å². The Balaban J connectivity index is 0.623. The number of carboxylic acids is 2. The van der Waals surface area contributed by atoms with E-state index in [1.165, 1.54) is 76.8 Å². The second-order valence-corrected chi connectivity index (χ2v) is 33.8. The molecule has 7 aromatic rings. The molecule has 1 aromatic heterocycles. The number of phenols is 1. The first-order valence-electron chi connectivity index (χ1n) is 38.4. The number of carbonyl (C=O) groups is 6. The van der Waals surface area contributed by atoms with Gasteiger partial charge in [-0.2, -0.15) is 8.62 Å². The molecule has 15 rings (SSSR count). The smallest absolute Gasteiger partial charge is 0.490 e. The molecule has 6 aromatic carbocycles. The first-order valence-corrected chi connectivity index (χ1v) is 42.9. The number of aryl methyl sites for hydroxylation is 2. The lowest BCUT2D eigenvalue weighted by Gasteiger charge is -2.39. The number of benzene rings is 7. The SMILES string of the molecule is O=C(CCCCCNC(=O)C(Cc1ccc(C#CCNC(=O)c2ccc(-c3c4ccc(=O)cc-4oc4cc(O)ccc34)c(C(=O)O)c2)cc1)NC(=O)c1ccc(C2=c3cc4c5c(c3Oc3c2cc2c6c3CCCN6CCC2)CCC[N+]=5CCC4)c(C(=O)O)c1)NCC#Cc1cn([C@H]2CC[C@@H](OP(=O)(O)OP(=O)(O)OP(=O)(O)O)O2)c(=O)[nH]c1=O. The van der Waals surface area contributed by atoms with Gasteiger partial charge in [-0.15, -0.1) is 0 Å². The molecule has 0 bridgehead atoms. The van der Waals surface area contributed by atoms with Crippen LogP contribution in [0.2, 0.25) is 0 Å². The van der Waals surface area contributed by atoms with Gasteiger partial charge in [-0.25, -0.2) is 32.7 Å². The Morgan fingerprint density at radius 2 is 1.36 bits per heavy atom. The van der Waals surface area contributed by atoms with Crippen LogP contribution in [0, 0.1) is 23.7 Å². The van der Waals surface area contributed by atoms with Crippen LogP contribution in [-0.4, -0.2) is 138 Å². The lowest BCUT2D eigenvalue weighted by Crippen LogP contribution is -2.48. The highest BCUT2D eigenvalue weighted by Crippen LogP contribution is 2.67. The Morgan fingerprint density at radius 1 is 0.664 bits per heavy atom. The summed E-state index contributed by atoms with van der Waals surface area (Å²) in [6.07, 6.45) is 6.02. The Kier molecular flexibility index (Phi) is 23.6. The number of aromatic carboxylic acids is 2. The zero-order valence-corrected chi connectivity index (χ0v) is 66.1. The number of hydrogen-bond acceptors (Lipinski definition) is 20. The first-order chi connectivity index (χ1) is 57.0. The number of phosphoric ester groups is 1. The Labute approximate surface area is 676 Å². The monoisotopic (exact) mass is 1680 g/mol. The highest BCUT2D eigenvalue weighted by molar-refractivity contribution is 7.66. The summed E-state index contributed by atoms with van der Waals surface area (Å²) >= 11 is 0. The van der Waals surface area contributed by atoms with E-state index in [0.29, 0.717) is 52.5 Å². The number of rotatable bonds is 25. The van der Waals surface area contributed by atoms with Gasteiger partial charge in [0.05, 0.1) is 29.8 Å². The number of nitrogens with one attached hydrogen (secondary N) is 5. The van der Waals surface area contributed by atoms with Gasteiger partial charge in [-0.05, 0) is 153 Å². The lowest BCUT2D eigenvalue weighted by molar-refractivity contribution is -0.123. The van der Waals surface area contributed by atoms with E-state index in [-0.39, 0.29) is 101 Å². The van der Waals surface area contributed by atoms with Crippen LogP contribution in [-0.2, 0) is 73.3 Å². The summed E-state index contributed by atoms with van der Waals surface area (Å²) < 4.78 is 69.2. The second kappa shape index (κ2) is 34.2. The average Bonchev–Trinajstić information content (AvgIpc) is 1.05. The molecule has 5 atom stereocenters. The van der Waals surface area contributed by atoms with Gasteiger partial charge in [0, 0.05) is 136 Å². The van der Waals surface area contributed by atoms with Crippen LogP contribution in [0.15, 0.2) is 134 Å². The zero-order valence-electron chi connectivity index (χ0n) is 63.4. The zero-order chi connectivity index (χ0) is 83.8. The summed E-state index contributed by atoms with van der Waals surface area (Å²) in [6, 6.07) is 27.1. The number of nitrogens with zero attached hydrogens (tertiary/aromatic N) is 3. The Hall–Kier alpha value is -11.9. The minimum absolute atomic E-state index is 0.0164. The third kappa shape index (κ3) is 18.2. The van der Waals surface area contributed by atoms with Crippen LogP contribution in [0.3, 0.4) is 0 Å². The van der Waals surface area contributed by atoms with Crippen molar-refractivity contribution in [3.63, 3.8) is 0 Å². The summed E-state index contributed by atoms with van der Waals surface area (Å²) in [4.78, 5) is 162. The number of H-pyrrole nitrogens is 1. The van der Waals surface area contributed by atoms with Gasteiger partial charge in [0.2, 0.25) is 17.2 Å². The van der Waals surface area contributed by atoms with Crippen LogP contribution < -0.4 is 62.7 Å². The van der Waals surface area contributed by atoms with Gasteiger partial charge in [0.25, 0.3) is 17.4 Å². The van der Waals surface area contributed by atoms with Crippen molar-refractivity contribution in [1.82, 2.24) is 35.4 Å². The maximum absolute atomic E-state index is 14.8. The number of amides is 4. The van der Waals surface area contributed by atoms with Crippen molar-refractivity contribution in [2.24, 2.45) is 0 Å². The number of unbranched alkanes of at least 4 members (excludes halogenated alkanes) is 2. The van der Waals surface area contributed by atoms with Crippen molar-refractivity contribution in [2.75, 3.05) is 50.7 Å². The number of carbonyl (C=O) groups excluding carboxylic acids is 4. The number of carboxylic acid groups (broad SMARTS) is 2. The van der Waals surface area contributed by atoms with Gasteiger partial charge in [-0.1, -0.05) is 54.4 Å². The number of phenolic OH excluding ortho intramolecular Hbond substituents is 1. The molecular weight excluding hydrogens is 1600 g/mol. The maximum Gasteiger partial charge on any atom is 0.490 e. The summed E-state index contributed by atoms with van der Waals surface area (Å²) in [5, 5.41) is 45.6. The van der Waals surface area contributed by atoms with E-state index in [2.05, 4.69) is 80.2 Å². The maximum atomic E-state index is 14.8. The fourth-order valence-corrected chi connectivity index (χ4v) is 19.4. The molecular formula is C83H78N8O25P3+. The van der Waals surface area contributed by atoms with Gasteiger partial charge >= 0.3 is 41.1 Å². The number of hydrogen-bond donors (Lipinski definition) is 12. The van der Waals surface area contributed by atoms with Gasteiger partial charge in [-0.3, -0.25) is 42.8 Å². The van der Waals surface area contributed by atoms with E-state index >= 15 is 0 Å². The third-order valence-corrected chi connectivity index (χ3v) is 25.2. The van der Waals surface area contributed by atoms with Crippen LogP contribution in [0.5, 0.6) is 17.2 Å². The molecule has 1 saturated heterocycles. The molecule has 8 heterocycles. The van der Waals surface area contributed by atoms with E-state index in [0.717, 1.165) is 127 Å². The van der Waals surface area contributed by atoms with E-state index in [1.54, 1.807) is 42.5 Å². The molecule has 3 unspecified atom stereocenters. The number of phosphoric acid groups is 3. The predicted octanol–water partition coefficient (Wildman–Crippen LogP) is 6.90. The van der Waals surface area contributed by atoms with Gasteiger partial charge in [0.1, 0.15) is 59.5 Å². The molecule has 1 fully saturated rings. The molecule has 33 nitrogen and oxygen atoms in total. The fourth-order valence-electron chi connectivity index (χ4n) is 16.3. The van der Waals surface area contributed by atoms with Crippen molar-refractivity contribution in [1.29, 1.82) is 0 Å². The molecule has 1 aliphatic carbocycles. The van der Waals surface area contributed by atoms with Crippen molar-refractivity contribution in [3.05, 3.63) is 229 Å². The van der Waals surface area contributed by atoms with Crippen molar-refractivity contribution < 1.29 is 104 Å². The number of aromatic nitrogens is 2. The third-order valence-electron chi connectivity index (χ3n) is 21.4. The normalized spacial score (nSPS) is 16.9. The van der Waals surface area contributed by atoms with E-state index in [4.69, 9.17) is 28.2 Å². The van der Waals surface area contributed by atoms with Crippen molar-refractivity contribution >= 4 is 81.3 Å². The summed E-state index contributed by atoms with van der Waals surface area (Å²) in [6.45, 7) is 3.45. The summed E-state index contributed by atoms with van der Waals surface area (Å²) in [5.74, 6) is 7.62. The molecule has 12 N–H and O–H groups in total. The van der Waals surface area contributed by atoms with Crippen LogP contribution >= 0.6 is 23.5 Å². The Bertz CT molecular complexity index is 6320. The number of aromatic hydroxyl groups is 1. The second-order valence-electron chi connectivity index (χ2n) is 29.4. The minimum Gasteiger partial charge on any atom is -0.508 e. The molecule has 0 spiro atoms. The number of anilines is 1. The van der Waals surface area contributed by atoms with E-state index in [9.17, 15) is 82.0 Å². The molecule has 8 aliphatic rings. The Morgan fingerprint density at radius 3 is 2.13 bits per heavy atom. The summed E-state index contributed by atoms with van der Waals surface area (Å²) in [5.41, 5.74) is 7.23. The van der Waals surface area contributed by atoms with Gasteiger partial charge in [0.15, 0.2) is 11.7 Å². The molecule has 4 amide bonds. The van der Waals surface area contributed by atoms with Crippen LogP contribution in [0.25, 0.3) is 39.0 Å². The van der Waals surface area contributed by atoms with E-state index in [1.807, 2.05) is 0 Å². The molecule has 0 saturated carbocycles. The fraction of sp³-hybridized carbons (Fsp3) is 0.301. The number of aromatic amines is 1. The summed E-state index contributed by atoms with van der Waals surface area (Å²) in [7, 11) is -17.1. The average molecular weight is 1680 g/mol. The molecule has 0 radical (unpaired) electrons. The van der Waals surface area contributed by atoms with Gasteiger partial charge < -0.3 is 75.0 Å². The topological polar surface area (TPSA) is 481 Å².